The normalized spacial score (nSPS) is 29.0. The molecule has 0 saturated carbocycles. The van der Waals surface area contributed by atoms with E-state index in [0.717, 1.165) is 13.0 Å². The van der Waals surface area contributed by atoms with Crippen LogP contribution in [-0.2, 0) is 4.79 Å². The van der Waals surface area contributed by atoms with Gasteiger partial charge in [0.15, 0.2) is 0 Å². The summed E-state index contributed by atoms with van der Waals surface area (Å²) >= 11 is 0. The van der Waals surface area contributed by atoms with Crippen LogP contribution in [0.1, 0.15) is 19.3 Å². The Balaban J connectivity index is 1.74. The van der Waals surface area contributed by atoms with Crippen LogP contribution in [0.4, 0.5) is 4.79 Å². The molecular weight excluding hydrogens is 208 g/mol. The zero-order valence-electron chi connectivity index (χ0n) is 9.24. The van der Waals surface area contributed by atoms with Crippen molar-refractivity contribution in [2.45, 2.75) is 31.3 Å². The quantitative estimate of drug-likeness (QED) is 0.576. The maximum atomic E-state index is 11.2. The second-order valence-electron chi connectivity index (χ2n) is 4.43. The number of imide groups is 1. The average molecular weight is 226 g/mol. The Kier molecular flexibility index (Phi) is 3.40. The van der Waals surface area contributed by atoms with Crippen LogP contribution in [0.15, 0.2) is 0 Å². The molecule has 0 bridgehead atoms. The predicted molar refractivity (Wildman–Crippen MR) is 58.7 cm³/mol. The van der Waals surface area contributed by atoms with E-state index in [1.807, 2.05) is 0 Å². The lowest BCUT2D eigenvalue weighted by atomic mass is 10.1. The lowest BCUT2D eigenvalue weighted by Crippen LogP contribution is -2.46. The van der Waals surface area contributed by atoms with Gasteiger partial charge in [0.05, 0.1) is 6.54 Å². The molecule has 4 N–H and O–H groups in total. The van der Waals surface area contributed by atoms with E-state index in [9.17, 15) is 9.59 Å². The van der Waals surface area contributed by atoms with Gasteiger partial charge in [0.1, 0.15) is 0 Å². The Morgan fingerprint density at radius 1 is 1.31 bits per heavy atom. The minimum Gasteiger partial charge on any atom is -0.351 e. The van der Waals surface area contributed by atoms with Gasteiger partial charge in [0.2, 0.25) is 5.91 Å². The molecule has 90 valence electrons. The zero-order chi connectivity index (χ0) is 11.5. The maximum Gasteiger partial charge on any atom is 0.318 e. The number of urea groups is 1. The number of nitrogens with two attached hydrogens (primary N) is 1. The number of hydrogen-bond donors (Lipinski definition) is 3. The summed E-state index contributed by atoms with van der Waals surface area (Å²) in [7, 11) is 0. The van der Waals surface area contributed by atoms with Crippen molar-refractivity contribution < 1.29 is 9.59 Å². The van der Waals surface area contributed by atoms with Crippen molar-refractivity contribution in [2.24, 2.45) is 5.73 Å². The molecule has 2 aliphatic heterocycles. The molecule has 0 aromatic rings. The van der Waals surface area contributed by atoms with Gasteiger partial charge < -0.3 is 11.1 Å². The first-order chi connectivity index (χ1) is 7.66. The number of nitrogens with one attached hydrogen (secondary N) is 2. The van der Waals surface area contributed by atoms with E-state index in [-0.39, 0.29) is 12.5 Å². The topological polar surface area (TPSA) is 87.5 Å². The van der Waals surface area contributed by atoms with Crippen molar-refractivity contribution in [3.63, 3.8) is 0 Å². The molecule has 0 radical (unpaired) electrons. The van der Waals surface area contributed by atoms with Crippen LogP contribution in [0.5, 0.6) is 0 Å². The second kappa shape index (κ2) is 4.80. The molecule has 6 heteroatoms. The van der Waals surface area contributed by atoms with Crippen LogP contribution >= 0.6 is 0 Å². The third-order valence-corrected chi connectivity index (χ3v) is 3.39. The molecule has 2 atom stereocenters. The van der Waals surface area contributed by atoms with Gasteiger partial charge in [-0.1, -0.05) is 0 Å². The molecule has 0 aromatic carbocycles. The summed E-state index contributed by atoms with van der Waals surface area (Å²) < 4.78 is 0. The summed E-state index contributed by atoms with van der Waals surface area (Å²) in [4.78, 5) is 24.1. The zero-order valence-corrected chi connectivity index (χ0v) is 9.24. The van der Waals surface area contributed by atoms with Crippen LogP contribution in [-0.4, -0.2) is 48.6 Å². The maximum absolute atomic E-state index is 11.2. The highest BCUT2D eigenvalue weighted by Gasteiger charge is 2.36. The molecule has 6 nitrogen and oxygen atoms in total. The summed E-state index contributed by atoms with van der Waals surface area (Å²) in [5.41, 5.74) is 4.86. The van der Waals surface area contributed by atoms with Crippen LogP contribution in [0.2, 0.25) is 0 Å². The Morgan fingerprint density at radius 2 is 2.12 bits per heavy atom. The standard InChI is InChI=1S/C10H18N4O2/c11-10(16)13-9(15)6-12-7-3-5-14-4-1-2-8(7)14/h7-8,12H,1-6H2,(H3,11,13,15,16). The largest absolute Gasteiger partial charge is 0.351 e. The van der Waals surface area contributed by atoms with Crippen molar-refractivity contribution >= 4 is 11.9 Å². The number of hydrogen-bond acceptors (Lipinski definition) is 4. The van der Waals surface area contributed by atoms with E-state index in [2.05, 4.69) is 15.5 Å². The first-order valence-corrected chi connectivity index (χ1v) is 5.73. The Morgan fingerprint density at radius 3 is 2.88 bits per heavy atom. The van der Waals surface area contributed by atoms with Gasteiger partial charge >= 0.3 is 6.03 Å². The van der Waals surface area contributed by atoms with E-state index < -0.39 is 6.03 Å². The molecule has 16 heavy (non-hydrogen) atoms. The minimum absolute atomic E-state index is 0.165. The lowest BCUT2D eigenvalue weighted by Gasteiger charge is -2.20. The fourth-order valence-corrected chi connectivity index (χ4v) is 2.73. The first-order valence-electron chi connectivity index (χ1n) is 5.73. The molecule has 0 spiro atoms. The average Bonchev–Trinajstić information content (AvgIpc) is 2.75. The molecule has 3 amide bonds. The highest BCUT2D eigenvalue weighted by atomic mass is 16.2. The Labute approximate surface area is 94.5 Å². The van der Waals surface area contributed by atoms with Gasteiger partial charge in [-0.15, -0.1) is 0 Å². The van der Waals surface area contributed by atoms with Crippen molar-refractivity contribution in [1.29, 1.82) is 0 Å². The number of carbonyl (C=O) groups excluding carboxylic acids is 2. The number of amides is 3. The summed E-state index contributed by atoms with van der Waals surface area (Å²) in [5, 5.41) is 5.25. The molecule has 2 heterocycles. The molecule has 2 rings (SSSR count). The van der Waals surface area contributed by atoms with E-state index >= 15 is 0 Å². The third-order valence-electron chi connectivity index (χ3n) is 3.39. The summed E-state index contributed by atoms with van der Waals surface area (Å²) in [6, 6.07) is 0.156. The van der Waals surface area contributed by atoms with Crippen molar-refractivity contribution in [1.82, 2.24) is 15.5 Å². The van der Waals surface area contributed by atoms with Gasteiger partial charge in [-0.05, 0) is 25.8 Å². The predicted octanol–water partition coefficient (Wildman–Crippen LogP) is -0.992. The van der Waals surface area contributed by atoms with Crippen molar-refractivity contribution in [2.75, 3.05) is 19.6 Å². The fourth-order valence-electron chi connectivity index (χ4n) is 2.73. The highest BCUT2D eigenvalue weighted by Crippen LogP contribution is 2.27. The van der Waals surface area contributed by atoms with Crippen molar-refractivity contribution in [3.05, 3.63) is 0 Å². The fraction of sp³-hybridized carbons (Fsp3) is 0.800. The van der Waals surface area contributed by atoms with E-state index in [1.54, 1.807) is 0 Å². The number of carbonyl (C=O) groups is 2. The first kappa shape index (κ1) is 11.3. The minimum atomic E-state index is -0.791. The SMILES string of the molecule is NC(=O)NC(=O)CNC1CCN2CCCC12. The second-order valence-corrected chi connectivity index (χ2v) is 4.43. The van der Waals surface area contributed by atoms with Gasteiger partial charge in [-0.3, -0.25) is 15.0 Å². The van der Waals surface area contributed by atoms with Crippen LogP contribution in [0.3, 0.4) is 0 Å². The van der Waals surface area contributed by atoms with Gasteiger partial charge in [-0.25, -0.2) is 4.79 Å². The number of primary amides is 1. The third kappa shape index (κ3) is 2.51. The molecule has 2 unspecified atom stereocenters. The van der Waals surface area contributed by atoms with Gasteiger partial charge in [-0.2, -0.15) is 0 Å². The lowest BCUT2D eigenvalue weighted by molar-refractivity contribution is -0.119. The van der Waals surface area contributed by atoms with E-state index in [0.29, 0.717) is 12.1 Å². The number of fused-ring (bicyclic) bond motifs is 1. The van der Waals surface area contributed by atoms with Crippen molar-refractivity contribution in [3.8, 4) is 0 Å². The number of nitrogens with zero attached hydrogens (tertiary/aromatic N) is 1. The Hall–Kier alpha value is -1.14. The van der Waals surface area contributed by atoms with Crippen LogP contribution in [0.25, 0.3) is 0 Å². The van der Waals surface area contributed by atoms with Gasteiger partial charge in [0, 0.05) is 18.6 Å². The number of rotatable bonds is 3. The molecule has 0 aliphatic carbocycles. The summed E-state index contributed by atoms with van der Waals surface area (Å²) in [6.45, 7) is 2.45. The Bertz CT molecular complexity index is 295. The summed E-state index contributed by atoms with van der Waals surface area (Å²) in [5.74, 6) is -0.357. The van der Waals surface area contributed by atoms with Gasteiger partial charge in [0.25, 0.3) is 0 Å². The summed E-state index contributed by atoms with van der Waals surface area (Å²) in [6.07, 6.45) is 3.53. The van der Waals surface area contributed by atoms with E-state index in [1.165, 1.54) is 19.4 Å². The van der Waals surface area contributed by atoms with Crippen LogP contribution in [0, 0.1) is 0 Å². The molecule has 0 aromatic heterocycles. The molecule has 2 aliphatic rings. The monoisotopic (exact) mass is 226 g/mol. The smallest absolute Gasteiger partial charge is 0.318 e. The molecular formula is C10H18N4O2. The molecule has 2 fully saturated rings. The molecule has 2 saturated heterocycles. The van der Waals surface area contributed by atoms with E-state index in [4.69, 9.17) is 5.73 Å². The van der Waals surface area contributed by atoms with Crippen LogP contribution < -0.4 is 16.4 Å². The highest BCUT2D eigenvalue weighted by molar-refractivity contribution is 5.94.